The second-order valence-electron chi connectivity index (χ2n) is 9.43. The lowest BCUT2D eigenvalue weighted by Gasteiger charge is -2.36. The first-order chi connectivity index (χ1) is 19.2. The number of aromatic nitrogens is 4. The fourth-order valence-electron chi connectivity index (χ4n) is 4.84. The van der Waals surface area contributed by atoms with E-state index in [1.165, 1.54) is 20.4 Å². The minimum absolute atomic E-state index is 0.0487. The molecule has 4 heterocycles. The van der Waals surface area contributed by atoms with Crippen LogP contribution in [0.25, 0.3) is 17.3 Å². The molecule has 12 nitrogen and oxygen atoms in total. The maximum Gasteiger partial charge on any atom is 0.204 e. The number of sulfone groups is 1. The molecule has 0 saturated carbocycles. The quantitative estimate of drug-likeness (QED) is 0.335. The summed E-state index contributed by atoms with van der Waals surface area (Å²) in [7, 11) is -0.883. The normalized spacial score (nSPS) is 17.4. The zero-order chi connectivity index (χ0) is 28.4. The van der Waals surface area contributed by atoms with Gasteiger partial charge in [0.2, 0.25) is 5.82 Å². The first-order valence-electron chi connectivity index (χ1n) is 12.5. The number of benzene rings is 1. The smallest absolute Gasteiger partial charge is 0.204 e. The molecule has 1 aromatic carbocycles. The van der Waals surface area contributed by atoms with Crippen LogP contribution in [0.15, 0.2) is 53.1 Å². The van der Waals surface area contributed by atoms with Gasteiger partial charge < -0.3 is 23.9 Å². The Kier molecular flexibility index (Phi) is 7.46. The largest absolute Gasteiger partial charge is 0.494 e. The Morgan fingerprint density at radius 3 is 2.52 bits per heavy atom. The number of furan rings is 1. The van der Waals surface area contributed by atoms with Gasteiger partial charge in [-0.2, -0.15) is 5.26 Å². The van der Waals surface area contributed by atoms with Crippen molar-refractivity contribution in [3.63, 3.8) is 0 Å². The van der Waals surface area contributed by atoms with Crippen molar-refractivity contribution in [2.24, 2.45) is 0 Å². The van der Waals surface area contributed by atoms with Gasteiger partial charge in [0, 0.05) is 19.3 Å². The van der Waals surface area contributed by atoms with Crippen LogP contribution in [0.3, 0.4) is 0 Å². The molecule has 1 fully saturated rings. The number of piperidine rings is 1. The van der Waals surface area contributed by atoms with Crippen molar-refractivity contribution in [3.05, 3.63) is 65.8 Å². The minimum atomic E-state index is -3.89. The number of pyridine rings is 1. The van der Waals surface area contributed by atoms with Crippen LogP contribution in [-0.4, -0.2) is 71.9 Å². The number of hydrogen-bond acceptors (Lipinski definition) is 11. The maximum atomic E-state index is 13.9. The van der Waals surface area contributed by atoms with Gasteiger partial charge in [0.15, 0.2) is 21.4 Å². The summed E-state index contributed by atoms with van der Waals surface area (Å²) >= 11 is 0. The molecule has 2 atom stereocenters. The molecule has 208 valence electrons. The van der Waals surface area contributed by atoms with Gasteiger partial charge in [0.05, 0.1) is 37.2 Å². The molecule has 3 aromatic heterocycles. The maximum absolute atomic E-state index is 13.9. The fraction of sp³-hybridized carbons (Fsp3) is 0.333. The molecule has 0 unspecified atom stereocenters. The molecule has 40 heavy (non-hydrogen) atoms. The van der Waals surface area contributed by atoms with Gasteiger partial charge in [-0.1, -0.05) is 6.07 Å². The number of rotatable bonds is 8. The van der Waals surface area contributed by atoms with E-state index in [2.05, 4.69) is 21.3 Å². The van der Waals surface area contributed by atoms with Gasteiger partial charge in [0.25, 0.3) is 0 Å². The zero-order valence-corrected chi connectivity index (χ0v) is 23.0. The summed E-state index contributed by atoms with van der Waals surface area (Å²) in [4.78, 5) is 5.96. The molecule has 5 rings (SSSR count). The highest BCUT2D eigenvalue weighted by atomic mass is 32.2. The summed E-state index contributed by atoms with van der Waals surface area (Å²) in [6, 6.07) is 13.9. The molecular weight excluding hydrogens is 536 g/mol. The number of hydrogen-bond donors (Lipinski definition) is 1. The minimum Gasteiger partial charge on any atom is -0.494 e. The number of aliphatic hydroxyl groups is 1. The fourth-order valence-corrected chi connectivity index (χ4v) is 6.55. The number of ether oxygens (including phenoxy) is 2. The van der Waals surface area contributed by atoms with E-state index in [1.54, 1.807) is 58.9 Å². The van der Waals surface area contributed by atoms with E-state index in [4.69, 9.17) is 13.9 Å². The van der Waals surface area contributed by atoms with Gasteiger partial charge in [-0.3, -0.25) is 4.57 Å². The second-order valence-corrected chi connectivity index (χ2v) is 11.7. The van der Waals surface area contributed by atoms with Crippen LogP contribution in [0.4, 0.5) is 5.82 Å². The highest BCUT2D eigenvalue weighted by Crippen LogP contribution is 2.37. The number of aryl methyl sites for hydroxylation is 1. The SMILES string of the molecule is COc1cccc(OC)c1-n1c(CS(=O)(=O)[C@H]2C[C@@H](O)CN(c3cc(C#N)ccn3)C2)nnc1-c1ccc(C)o1. The molecule has 1 aliphatic rings. The standard InChI is InChI=1S/C27H28N6O6S/c1-17-7-8-23(39-17)27-31-30-25(33(27)26-21(37-2)5-4-6-22(26)38-3)16-40(35,36)20-12-19(34)14-32(15-20)24-11-18(13-28)9-10-29-24/h4-11,19-20,34H,12,14-16H2,1-3H3/t19-,20+/m1/s1. The lowest BCUT2D eigenvalue weighted by atomic mass is 10.1. The Morgan fingerprint density at radius 2 is 1.88 bits per heavy atom. The Balaban J connectivity index is 1.55. The van der Waals surface area contributed by atoms with E-state index < -0.39 is 26.9 Å². The molecule has 13 heteroatoms. The molecule has 1 N–H and O–H groups in total. The van der Waals surface area contributed by atoms with E-state index in [9.17, 15) is 18.8 Å². The van der Waals surface area contributed by atoms with Crippen LogP contribution < -0.4 is 14.4 Å². The second kappa shape index (κ2) is 11.0. The lowest BCUT2D eigenvalue weighted by Crippen LogP contribution is -2.49. The third-order valence-electron chi connectivity index (χ3n) is 6.74. The van der Waals surface area contributed by atoms with Crippen LogP contribution in [0.2, 0.25) is 0 Å². The van der Waals surface area contributed by atoms with Gasteiger partial charge in [-0.05, 0) is 49.7 Å². The molecule has 1 aliphatic heterocycles. The number of methoxy groups -OCH3 is 2. The van der Waals surface area contributed by atoms with Gasteiger partial charge in [-0.25, -0.2) is 13.4 Å². The van der Waals surface area contributed by atoms with Crippen molar-refractivity contribution in [1.29, 1.82) is 5.26 Å². The topological polar surface area (TPSA) is 157 Å². The molecule has 0 amide bonds. The third kappa shape index (κ3) is 5.23. The molecular formula is C27H28N6O6S. The summed E-state index contributed by atoms with van der Waals surface area (Å²) in [5, 5.41) is 27.5. The average molecular weight is 565 g/mol. The van der Waals surface area contributed by atoms with Crippen LogP contribution in [0.5, 0.6) is 11.5 Å². The van der Waals surface area contributed by atoms with Gasteiger partial charge in [-0.15, -0.1) is 10.2 Å². The van der Waals surface area contributed by atoms with E-state index in [0.717, 1.165) is 0 Å². The Labute approximate surface area is 231 Å². The van der Waals surface area contributed by atoms with Crippen LogP contribution >= 0.6 is 0 Å². The van der Waals surface area contributed by atoms with Crippen LogP contribution in [0.1, 0.15) is 23.6 Å². The number of aliphatic hydroxyl groups excluding tert-OH is 1. The van der Waals surface area contributed by atoms with E-state index >= 15 is 0 Å². The van der Waals surface area contributed by atoms with Crippen molar-refractivity contribution in [2.75, 3.05) is 32.2 Å². The predicted octanol–water partition coefficient (Wildman–Crippen LogP) is 2.67. The first kappa shape index (κ1) is 27.2. The van der Waals surface area contributed by atoms with Gasteiger partial charge in [0.1, 0.15) is 34.5 Å². The predicted molar refractivity (Wildman–Crippen MR) is 145 cm³/mol. The highest BCUT2D eigenvalue weighted by Gasteiger charge is 2.37. The zero-order valence-electron chi connectivity index (χ0n) is 22.2. The number of nitrogens with zero attached hydrogens (tertiary/aromatic N) is 6. The third-order valence-corrected chi connectivity index (χ3v) is 8.76. The van der Waals surface area contributed by atoms with E-state index in [1.807, 2.05) is 0 Å². The van der Waals surface area contributed by atoms with E-state index in [-0.39, 0.29) is 31.2 Å². The molecule has 0 radical (unpaired) electrons. The van der Waals surface area contributed by atoms with Crippen molar-refractivity contribution < 1.29 is 27.4 Å². The molecule has 0 aliphatic carbocycles. The first-order valence-corrected chi connectivity index (χ1v) is 14.2. The van der Waals surface area contributed by atoms with E-state index in [0.29, 0.717) is 40.1 Å². The summed E-state index contributed by atoms with van der Waals surface area (Å²) in [6.07, 6.45) is 0.627. The summed E-state index contributed by atoms with van der Waals surface area (Å²) < 4.78 is 46.3. The molecule has 0 spiro atoms. The Hall–Kier alpha value is -4.41. The number of nitriles is 1. The van der Waals surface area contributed by atoms with Crippen molar-refractivity contribution in [2.45, 2.75) is 30.5 Å². The van der Waals surface area contributed by atoms with Crippen LogP contribution in [0, 0.1) is 18.3 Å². The number of β-amino-alcohol motifs (C(OH)–C–C–N with tert-alkyl or cyclic N) is 1. The average Bonchev–Trinajstić information content (AvgIpc) is 3.57. The summed E-state index contributed by atoms with van der Waals surface area (Å²) in [6.45, 7) is 2.09. The molecule has 4 aromatic rings. The lowest BCUT2D eigenvalue weighted by molar-refractivity contribution is 0.154. The monoisotopic (exact) mass is 564 g/mol. The van der Waals surface area contributed by atoms with Crippen molar-refractivity contribution in [1.82, 2.24) is 19.7 Å². The molecule has 0 bridgehead atoms. The summed E-state index contributed by atoms with van der Waals surface area (Å²) in [5.41, 5.74) is 0.818. The molecule has 1 saturated heterocycles. The number of para-hydroxylation sites is 1. The summed E-state index contributed by atoms with van der Waals surface area (Å²) in [5.74, 6) is 2.25. The highest BCUT2D eigenvalue weighted by molar-refractivity contribution is 7.91. The Morgan fingerprint density at radius 1 is 1.12 bits per heavy atom. The Bertz CT molecular complexity index is 1650. The number of anilines is 1. The van der Waals surface area contributed by atoms with Crippen LogP contribution in [-0.2, 0) is 15.6 Å². The van der Waals surface area contributed by atoms with Gasteiger partial charge >= 0.3 is 0 Å². The van der Waals surface area contributed by atoms with Crippen molar-refractivity contribution >= 4 is 15.7 Å². The van der Waals surface area contributed by atoms with Crippen molar-refractivity contribution in [3.8, 4) is 34.8 Å².